The molecule has 0 aliphatic heterocycles. The van der Waals surface area contributed by atoms with Gasteiger partial charge in [0.05, 0.1) is 15.7 Å². The maximum atomic E-state index is 11.6. The Hall–Kier alpha value is -0.540. The zero-order valence-electron chi connectivity index (χ0n) is 7.33. The van der Waals surface area contributed by atoms with Crippen molar-refractivity contribution < 1.29 is 8.42 Å². The summed E-state index contributed by atoms with van der Waals surface area (Å²) >= 11 is 5.77. The Bertz CT molecular complexity index is 384. The van der Waals surface area contributed by atoms with E-state index in [9.17, 15) is 8.42 Å². The van der Waals surface area contributed by atoms with Crippen molar-refractivity contribution in [2.75, 3.05) is 5.75 Å². The van der Waals surface area contributed by atoms with E-state index in [1.54, 1.807) is 18.2 Å². The molecular formula is C9H11ClO2S. The zero-order chi connectivity index (χ0) is 9.90. The highest BCUT2D eigenvalue weighted by Crippen LogP contribution is 2.21. The monoisotopic (exact) mass is 218 g/mol. The van der Waals surface area contributed by atoms with Gasteiger partial charge in [0.2, 0.25) is 0 Å². The lowest BCUT2D eigenvalue weighted by Crippen LogP contribution is -2.06. The van der Waals surface area contributed by atoms with Gasteiger partial charge in [-0.25, -0.2) is 8.42 Å². The van der Waals surface area contributed by atoms with Crippen LogP contribution in [0.15, 0.2) is 29.2 Å². The van der Waals surface area contributed by atoms with Gasteiger partial charge in [0.15, 0.2) is 9.84 Å². The molecule has 2 nitrogen and oxygen atoms in total. The fraction of sp³-hybridized carbons (Fsp3) is 0.333. The first kappa shape index (κ1) is 10.5. The van der Waals surface area contributed by atoms with E-state index in [-0.39, 0.29) is 10.6 Å². The molecule has 0 bridgehead atoms. The standard InChI is InChI=1S/C9H11ClO2S/c1-2-7-13(11,12)9-6-4-3-5-8(9)10/h3-6H,2,7H2,1H3. The van der Waals surface area contributed by atoms with Crippen LogP contribution in [0.5, 0.6) is 0 Å². The molecule has 72 valence electrons. The summed E-state index contributed by atoms with van der Waals surface area (Å²) in [5.41, 5.74) is 0. The van der Waals surface area contributed by atoms with E-state index in [1.165, 1.54) is 6.07 Å². The highest BCUT2D eigenvalue weighted by molar-refractivity contribution is 7.91. The molecule has 0 heterocycles. The van der Waals surface area contributed by atoms with E-state index in [0.717, 1.165) is 0 Å². The number of rotatable bonds is 3. The van der Waals surface area contributed by atoms with Gasteiger partial charge in [0, 0.05) is 0 Å². The third-order valence-corrected chi connectivity index (χ3v) is 4.06. The van der Waals surface area contributed by atoms with Crippen molar-refractivity contribution in [1.29, 1.82) is 0 Å². The predicted molar refractivity (Wildman–Crippen MR) is 53.8 cm³/mol. The number of benzene rings is 1. The lowest BCUT2D eigenvalue weighted by Gasteiger charge is -2.03. The third-order valence-electron chi connectivity index (χ3n) is 1.64. The molecule has 0 atom stereocenters. The second kappa shape index (κ2) is 4.11. The smallest absolute Gasteiger partial charge is 0.179 e. The predicted octanol–water partition coefficient (Wildman–Crippen LogP) is 2.52. The van der Waals surface area contributed by atoms with Gasteiger partial charge >= 0.3 is 0 Å². The summed E-state index contributed by atoms with van der Waals surface area (Å²) in [6, 6.07) is 6.51. The Kier molecular flexibility index (Phi) is 3.33. The van der Waals surface area contributed by atoms with Crippen LogP contribution in [0.3, 0.4) is 0 Å². The second-order valence-corrected chi connectivity index (χ2v) is 5.23. The van der Waals surface area contributed by atoms with Gasteiger partial charge in [-0.15, -0.1) is 0 Å². The quantitative estimate of drug-likeness (QED) is 0.782. The Labute approximate surface area is 83.5 Å². The van der Waals surface area contributed by atoms with E-state index in [1.807, 2.05) is 6.92 Å². The van der Waals surface area contributed by atoms with Crippen molar-refractivity contribution in [3.8, 4) is 0 Å². The molecule has 0 N–H and O–H groups in total. The van der Waals surface area contributed by atoms with Gasteiger partial charge in [0.25, 0.3) is 0 Å². The van der Waals surface area contributed by atoms with E-state index < -0.39 is 9.84 Å². The topological polar surface area (TPSA) is 34.1 Å². The highest BCUT2D eigenvalue weighted by atomic mass is 35.5. The Morgan fingerprint density at radius 1 is 1.31 bits per heavy atom. The van der Waals surface area contributed by atoms with Crippen molar-refractivity contribution in [2.45, 2.75) is 18.2 Å². The lowest BCUT2D eigenvalue weighted by atomic mass is 10.4. The van der Waals surface area contributed by atoms with Crippen LogP contribution >= 0.6 is 11.6 Å². The van der Waals surface area contributed by atoms with E-state index in [4.69, 9.17) is 11.6 Å². The fourth-order valence-electron chi connectivity index (χ4n) is 1.08. The van der Waals surface area contributed by atoms with Crippen LogP contribution in [0, 0.1) is 0 Å². The molecule has 4 heteroatoms. The van der Waals surface area contributed by atoms with Gasteiger partial charge < -0.3 is 0 Å². The SMILES string of the molecule is CCCS(=O)(=O)c1ccccc1Cl. The second-order valence-electron chi connectivity index (χ2n) is 2.75. The number of sulfone groups is 1. The lowest BCUT2D eigenvalue weighted by molar-refractivity contribution is 0.595. The Balaban J connectivity index is 3.15. The fourth-order valence-corrected chi connectivity index (χ4v) is 2.97. The summed E-state index contributed by atoms with van der Waals surface area (Å²) in [6.45, 7) is 1.83. The highest BCUT2D eigenvalue weighted by Gasteiger charge is 2.15. The van der Waals surface area contributed by atoms with Gasteiger partial charge in [0.1, 0.15) is 0 Å². The number of halogens is 1. The maximum absolute atomic E-state index is 11.6. The van der Waals surface area contributed by atoms with Gasteiger partial charge in [-0.1, -0.05) is 30.7 Å². The molecule has 0 spiro atoms. The largest absolute Gasteiger partial charge is 0.224 e. The first-order valence-corrected chi connectivity index (χ1v) is 6.08. The molecule has 1 aromatic rings. The van der Waals surface area contributed by atoms with E-state index in [0.29, 0.717) is 11.4 Å². The van der Waals surface area contributed by atoms with Crippen molar-refractivity contribution in [2.24, 2.45) is 0 Å². The van der Waals surface area contributed by atoms with E-state index in [2.05, 4.69) is 0 Å². The molecule has 1 aromatic carbocycles. The first-order valence-electron chi connectivity index (χ1n) is 4.05. The maximum Gasteiger partial charge on any atom is 0.179 e. The van der Waals surface area contributed by atoms with Gasteiger partial charge in [-0.3, -0.25) is 0 Å². The van der Waals surface area contributed by atoms with Crippen LogP contribution in [0.4, 0.5) is 0 Å². The summed E-state index contributed by atoms with van der Waals surface area (Å²) in [6.07, 6.45) is 0.605. The molecule has 0 radical (unpaired) electrons. The summed E-state index contributed by atoms with van der Waals surface area (Å²) in [5, 5.41) is 0.302. The van der Waals surface area contributed by atoms with Crippen LogP contribution in [0.2, 0.25) is 5.02 Å². The molecule has 0 aliphatic rings. The summed E-state index contributed by atoms with van der Waals surface area (Å²) in [7, 11) is -3.17. The van der Waals surface area contributed by atoms with Crippen molar-refractivity contribution >= 4 is 21.4 Å². The van der Waals surface area contributed by atoms with E-state index >= 15 is 0 Å². The summed E-state index contributed by atoms with van der Waals surface area (Å²) in [5.74, 6) is 0.150. The molecule has 0 aromatic heterocycles. The van der Waals surface area contributed by atoms with Crippen molar-refractivity contribution in [3.05, 3.63) is 29.3 Å². The zero-order valence-corrected chi connectivity index (χ0v) is 8.90. The van der Waals surface area contributed by atoms with Crippen molar-refractivity contribution in [1.82, 2.24) is 0 Å². The molecule has 0 amide bonds. The van der Waals surface area contributed by atoms with Crippen LogP contribution < -0.4 is 0 Å². The van der Waals surface area contributed by atoms with Gasteiger partial charge in [-0.05, 0) is 18.6 Å². The third kappa shape index (κ3) is 2.45. The molecule has 1 rings (SSSR count). The molecule has 0 unspecified atom stereocenters. The average Bonchev–Trinajstić information content (AvgIpc) is 2.04. The van der Waals surface area contributed by atoms with Crippen LogP contribution in [0.1, 0.15) is 13.3 Å². The minimum absolute atomic E-state index is 0.150. The molecule has 0 fully saturated rings. The normalized spacial score (nSPS) is 11.5. The summed E-state index contributed by atoms with van der Waals surface area (Å²) in [4.78, 5) is 0.235. The average molecular weight is 219 g/mol. The molecular weight excluding hydrogens is 208 g/mol. The van der Waals surface area contributed by atoms with Crippen LogP contribution in [-0.2, 0) is 9.84 Å². The molecule has 0 saturated heterocycles. The number of hydrogen-bond donors (Lipinski definition) is 0. The van der Waals surface area contributed by atoms with Crippen molar-refractivity contribution in [3.63, 3.8) is 0 Å². The molecule has 0 saturated carbocycles. The summed E-state index contributed by atoms with van der Waals surface area (Å²) < 4.78 is 23.1. The Morgan fingerprint density at radius 3 is 2.46 bits per heavy atom. The van der Waals surface area contributed by atoms with Crippen LogP contribution in [0.25, 0.3) is 0 Å². The number of hydrogen-bond acceptors (Lipinski definition) is 2. The van der Waals surface area contributed by atoms with Gasteiger partial charge in [-0.2, -0.15) is 0 Å². The minimum atomic E-state index is -3.17. The molecule has 13 heavy (non-hydrogen) atoms. The Morgan fingerprint density at radius 2 is 1.92 bits per heavy atom. The minimum Gasteiger partial charge on any atom is -0.224 e. The first-order chi connectivity index (χ1) is 6.08. The van der Waals surface area contributed by atoms with Crippen LogP contribution in [-0.4, -0.2) is 14.2 Å². The molecule has 0 aliphatic carbocycles.